The smallest absolute Gasteiger partial charge is 0.135 e. The Kier molecular flexibility index (Phi) is 3.33. The van der Waals surface area contributed by atoms with E-state index >= 15 is 0 Å². The average molecular weight is 210 g/mol. The van der Waals surface area contributed by atoms with E-state index in [1.54, 1.807) is 6.33 Å². The highest BCUT2D eigenvalue weighted by atomic mass is 16.3. The van der Waals surface area contributed by atoms with E-state index in [2.05, 4.69) is 10.2 Å². The SMILES string of the molecule is NC1CCC(c2nncn2CCO)CC1. The number of aromatic nitrogens is 3. The summed E-state index contributed by atoms with van der Waals surface area (Å²) in [5.74, 6) is 1.48. The Morgan fingerprint density at radius 2 is 2.13 bits per heavy atom. The average Bonchev–Trinajstić information content (AvgIpc) is 2.68. The second kappa shape index (κ2) is 4.72. The predicted octanol–water partition coefficient (Wildman–Crippen LogP) is 0.255. The minimum atomic E-state index is 0.136. The monoisotopic (exact) mass is 210 g/mol. The van der Waals surface area contributed by atoms with Crippen LogP contribution in [-0.4, -0.2) is 32.5 Å². The lowest BCUT2D eigenvalue weighted by Crippen LogP contribution is -2.27. The fourth-order valence-corrected chi connectivity index (χ4v) is 2.24. The minimum absolute atomic E-state index is 0.136. The molecule has 1 fully saturated rings. The van der Waals surface area contributed by atoms with Crippen LogP contribution in [0.3, 0.4) is 0 Å². The van der Waals surface area contributed by atoms with Gasteiger partial charge in [-0.05, 0) is 25.7 Å². The summed E-state index contributed by atoms with van der Waals surface area (Å²) in [4.78, 5) is 0. The van der Waals surface area contributed by atoms with Gasteiger partial charge in [-0.3, -0.25) is 0 Å². The number of aliphatic hydroxyl groups excluding tert-OH is 1. The summed E-state index contributed by atoms with van der Waals surface area (Å²) in [6.07, 6.45) is 6.00. The predicted molar refractivity (Wildman–Crippen MR) is 56.3 cm³/mol. The van der Waals surface area contributed by atoms with Gasteiger partial charge in [0.25, 0.3) is 0 Å². The fourth-order valence-electron chi connectivity index (χ4n) is 2.24. The van der Waals surface area contributed by atoms with Gasteiger partial charge in [0.1, 0.15) is 12.2 Å². The van der Waals surface area contributed by atoms with Crippen LogP contribution in [0.25, 0.3) is 0 Å². The number of rotatable bonds is 3. The van der Waals surface area contributed by atoms with E-state index in [0.29, 0.717) is 18.5 Å². The first-order valence-corrected chi connectivity index (χ1v) is 5.55. The van der Waals surface area contributed by atoms with Crippen LogP contribution in [0.1, 0.15) is 37.4 Å². The summed E-state index contributed by atoms with van der Waals surface area (Å²) in [5, 5.41) is 17.0. The van der Waals surface area contributed by atoms with E-state index in [4.69, 9.17) is 10.8 Å². The molecule has 0 aliphatic heterocycles. The first-order valence-electron chi connectivity index (χ1n) is 5.55. The third kappa shape index (κ3) is 2.35. The van der Waals surface area contributed by atoms with Crippen molar-refractivity contribution in [3.8, 4) is 0 Å². The molecular formula is C10H18N4O. The van der Waals surface area contributed by atoms with Gasteiger partial charge in [-0.2, -0.15) is 0 Å². The second-order valence-corrected chi connectivity index (χ2v) is 4.22. The van der Waals surface area contributed by atoms with Gasteiger partial charge in [-0.15, -0.1) is 10.2 Å². The number of aliphatic hydroxyl groups is 1. The maximum Gasteiger partial charge on any atom is 0.135 e. The minimum Gasteiger partial charge on any atom is -0.395 e. The van der Waals surface area contributed by atoms with Gasteiger partial charge in [-0.1, -0.05) is 0 Å². The molecule has 0 unspecified atom stereocenters. The quantitative estimate of drug-likeness (QED) is 0.750. The molecule has 1 aliphatic rings. The van der Waals surface area contributed by atoms with E-state index in [0.717, 1.165) is 31.5 Å². The summed E-state index contributed by atoms with van der Waals surface area (Å²) in [7, 11) is 0. The van der Waals surface area contributed by atoms with Crippen molar-refractivity contribution < 1.29 is 5.11 Å². The zero-order valence-corrected chi connectivity index (χ0v) is 8.84. The third-order valence-corrected chi connectivity index (χ3v) is 3.12. The normalized spacial score (nSPS) is 26.8. The van der Waals surface area contributed by atoms with Gasteiger partial charge >= 0.3 is 0 Å². The van der Waals surface area contributed by atoms with Gasteiger partial charge in [0, 0.05) is 18.5 Å². The molecule has 0 radical (unpaired) electrons. The molecule has 1 aliphatic carbocycles. The topological polar surface area (TPSA) is 77.0 Å². The van der Waals surface area contributed by atoms with Crippen LogP contribution in [0.2, 0.25) is 0 Å². The lowest BCUT2D eigenvalue weighted by Gasteiger charge is -2.25. The van der Waals surface area contributed by atoms with Crippen LogP contribution < -0.4 is 5.73 Å². The van der Waals surface area contributed by atoms with Gasteiger partial charge < -0.3 is 15.4 Å². The molecule has 0 spiro atoms. The Morgan fingerprint density at radius 1 is 1.40 bits per heavy atom. The Labute approximate surface area is 89.3 Å². The molecule has 1 heterocycles. The lowest BCUT2D eigenvalue weighted by atomic mass is 9.86. The number of nitrogens with two attached hydrogens (primary N) is 1. The van der Waals surface area contributed by atoms with E-state index in [1.165, 1.54) is 0 Å². The van der Waals surface area contributed by atoms with E-state index in [-0.39, 0.29) is 6.61 Å². The summed E-state index contributed by atoms with van der Waals surface area (Å²) >= 11 is 0. The van der Waals surface area contributed by atoms with E-state index in [9.17, 15) is 0 Å². The zero-order chi connectivity index (χ0) is 10.7. The Balaban J connectivity index is 2.05. The van der Waals surface area contributed by atoms with Gasteiger partial charge in [0.2, 0.25) is 0 Å². The largest absolute Gasteiger partial charge is 0.395 e. The van der Waals surface area contributed by atoms with Crippen molar-refractivity contribution in [1.29, 1.82) is 0 Å². The second-order valence-electron chi connectivity index (χ2n) is 4.22. The van der Waals surface area contributed by atoms with Crippen LogP contribution >= 0.6 is 0 Å². The van der Waals surface area contributed by atoms with Crippen LogP contribution in [0.5, 0.6) is 0 Å². The summed E-state index contributed by atoms with van der Waals surface area (Å²) < 4.78 is 1.95. The molecule has 0 amide bonds. The van der Waals surface area contributed by atoms with Crippen LogP contribution in [0.15, 0.2) is 6.33 Å². The maximum absolute atomic E-state index is 8.91. The van der Waals surface area contributed by atoms with Crippen molar-refractivity contribution >= 4 is 0 Å². The highest BCUT2D eigenvalue weighted by molar-refractivity contribution is 4.99. The molecule has 0 bridgehead atoms. The van der Waals surface area contributed by atoms with Crippen LogP contribution in [0.4, 0.5) is 0 Å². The van der Waals surface area contributed by atoms with Crippen LogP contribution in [0, 0.1) is 0 Å². The first-order chi connectivity index (χ1) is 7.31. The van der Waals surface area contributed by atoms with Crippen molar-refractivity contribution in [1.82, 2.24) is 14.8 Å². The fraction of sp³-hybridized carbons (Fsp3) is 0.800. The molecule has 0 aromatic carbocycles. The molecule has 0 saturated heterocycles. The molecule has 1 aromatic heterocycles. The van der Waals surface area contributed by atoms with E-state index in [1.807, 2.05) is 4.57 Å². The number of nitrogens with zero attached hydrogens (tertiary/aromatic N) is 3. The molecule has 5 nitrogen and oxygen atoms in total. The van der Waals surface area contributed by atoms with Crippen molar-refractivity contribution in [2.45, 2.75) is 44.2 Å². The Morgan fingerprint density at radius 3 is 2.80 bits per heavy atom. The molecule has 5 heteroatoms. The van der Waals surface area contributed by atoms with Crippen molar-refractivity contribution in [3.05, 3.63) is 12.2 Å². The Hall–Kier alpha value is -0.940. The summed E-state index contributed by atoms with van der Waals surface area (Å²) in [6.45, 7) is 0.724. The summed E-state index contributed by atoms with van der Waals surface area (Å²) in [5.41, 5.74) is 5.86. The molecule has 1 aromatic rings. The molecular weight excluding hydrogens is 192 g/mol. The summed E-state index contributed by atoms with van der Waals surface area (Å²) in [6, 6.07) is 0.357. The molecule has 0 atom stereocenters. The molecule has 84 valence electrons. The van der Waals surface area contributed by atoms with E-state index < -0.39 is 0 Å². The van der Waals surface area contributed by atoms with Gasteiger partial charge in [-0.25, -0.2) is 0 Å². The van der Waals surface area contributed by atoms with Gasteiger partial charge in [0.05, 0.1) is 6.61 Å². The molecule has 1 saturated carbocycles. The molecule has 2 rings (SSSR count). The van der Waals surface area contributed by atoms with Gasteiger partial charge in [0.15, 0.2) is 0 Å². The molecule has 15 heavy (non-hydrogen) atoms. The third-order valence-electron chi connectivity index (χ3n) is 3.12. The highest BCUT2D eigenvalue weighted by Gasteiger charge is 2.23. The van der Waals surface area contributed by atoms with Crippen molar-refractivity contribution in [2.24, 2.45) is 5.73 Å². The maximum atomic E-state index is 8.91. The van der Waals surface area contributed by atoms with Crippen molar-refractivity contribution in [2.75, 3.05) is 6.61 Å². The van der Waals surface area contributed by atoms with Crippen molar-refractivity contribution in [3.63, 3.8) is 0 Å². The zero-order valence-electron chi connectivity index (χ0n) is 8.84. The first kappa shape index (κ1) is 10.6. The van der Waals surface area contributed by atoms with Crippen LogP contribution in [-0.2, 0) is 6.54 Å². The number of hydrogen-bond acceptors (Lipinski definition) is 4. The number of hydrogen-bond donors (Lipinski definition) is 2. The standard InChI is InChI=1S/C10H18N4O/c11-9-3-1-8(2-4-9)10-13-12-7-14(10)5-6-15/h7-9,15H,1-6,11H2. The lowest BCUT2D eigenvalue weighted by molar-refractivity contribution is 0.270. The Bertz CT molecular complexity index is 304. The highest BCUT2D eigenvalue weighted by Crippen LogP contribution is 2.30. The molecule has 3 N–H and O–H groups in total.